The minimum Gasteiger partial charge on any atom is -0.495 e. The number of nitrogens with zero attached hydrogens (tertiary/aromatic N) is 1. The van der Waals surface area contributed by atoms with E-state index in [1.165, 1.54) is 0 Å². The maximum absolute atomic E-state index is 11.5. The molecule has 0 aliphatic carbocycles. The van der Waals surface area contributed by atoms with Crippen molar-refractivity contribution < 1.29 is 19.0 Å². The molecule has 1 aliphatic heterocycles. The third kappa shape index (κ3) is 2.39. The Labute approximate surface area is 99.7 Å². The highest BCUT2D eigenvalue weighted by molar-refractivity contribution is 5.80. The first kappa shape index (κ1) is 11.9. The number of hydrogen-bond acceptors (Lipinski definition) is 5. The Kier molecular flexibility index (Phi) is 3.58. The molecule has 0 bridgehead atoms. The van der Waals surface area contributed by atoms with Gasteiger partial charge in [0.2, 0.25) is 0 Å². The highest BCUT2D eigenvalue weighted by Gasteiger charge is 2.27. The summed E-state index contributed by atoms with van der Waals surface area (Å²) in [6.07, 6.45) is 3.73. The Hall–Kier alpha value is -1.62. The molecule has 0 aromatic carbocycles. The van der Waals surface area contributed by atoms with Crippen molar-refractivity contribution in [2.24, 2.45) is 0 Å². The van der Waals surface area contributed by atoms with E-state index in [9.17, 15) is 4.79 Å². The Morgan fingerprint density at radius 1 is 1.29 bits per heavy atom. The van der Waals surface area contributed by atoms with Crippen LogP contribution in [0.3, 0.4) is 0 Å². The Bertz CT molecular complexity index is 397. The normalized spacial score (nSPS) is 20.1. The fourth-order valence-electron chi connectivity index (χ4n) is 1.94. The second-order valence-electron chi connectivity index (χ2n) is 3.81. The molecule has 17 heavy (non-hydrogen) atoms. The fourth-order valence-corrected chi connectivity index (χ4v) is 1.94. The van der Waals surface area contributed by atoms with E-state index in [4.69, 9.17) is 14.2 Å². The fraction of sp³-hybridized carbons (Fsp3) is 0.500. The van der Waals surface area contributed by atoms with Crippen LogP contribution in [0.1, 0.15) is 24.5 Å². The van der Waals surface area contributed by atoms with E-state index in [2.05, 4.69) is 4.98 Å². The van der Waals surface area contributed by atoms with Crippen molar-refractivity contribution in [3.8, 4) is 11.5 Å². The summed E-state index contributed by atoms with van der Waals surface area (Å²) in [6, 6.07) is 0. The number of carbonyl (C=O) groups is 1. The van der Waals surface area contributed by atoms with Gasteiger partial charge in [-0.05, 0) is 0 Å². The summed E-state index contributed by atoms with van der Waals surface area (Å²) in [5.74, 6) is 1.37. The summed E-state index contributed by atoms with van der Waals surface area (Å²) in [5, 5.41) is 0. The second kappa shape index (κ2) is 5.14. The molecular formula is C12H15NO4. The predicted octanol–water partition coefficient (Wildman–Crippen LogP) is 1.52. The zero-order chi connectivity index (χ0) is 12.3. The van der Waals surface area contributed by atoms with Gasteiger partial charge in [-0.15, -0.1) is 0 Å². The zero-order valence-electron chi connectivity index (χ0n) is 9.93. The number of methoxy groups -OCH3 is 2. The van der Waals surface area contributed by atoms with E-state index in [-0.39, 0.29) is 11.9 Å². The highest BCUT2D eigenvalue weighted by Crippen LogP contribution is 2.38. The SMILES string of the molecule is COc1cncc(OC)c1C1CC(=O)CCO1. The molecule has 0 N–H and O–H groups in total. The van der Waals surface area contributed by atoms with Crippen LogP contribution < -0.4 is 9.47 Å². The number of ketones is 1. The maximum Gasteiger partial charge on any atom is 0.146 e. The van der Waals surface area contributed by atoms with Crippen molar-refractivity contribution in [2.45, 2.75) is 18.9 Å². The smallest absolute Gasteiger partial charge is 0.146 e. The minimum absolute atomic E-state index is 0.196. The molecule has 1 saturated heterocycles. The van der Waals surface area contributed by atoms with Crippen molar-refractivity contribution in [1.82, 2.24) is 4.98 Å². The monoisotopic (exact) mass is 237 g/mol. The van der Waals surface area contributed by atoms with Crippen molar-refractivity contribution in [2.75, 3.05) is 20.8 Å². The van der Waals surface area contributed by atoms with Crippen molar-refractivity contribution in [1.29, 1.82) is 0 Å². The van der Waals surface area contributed by atoms with Gasteiger partial charge in [0.25, 0.3) is 0 Å². The van der Waals surface area contributed by atoms with Crippen LogP contribution in [0.4, 0.5) is 0 Å². The zero-order valence-corrected chi connectivity index (χ0v) is 9.93. The molecule has 1 unspecified atom stereocenters. The van der Waals surface area contributed by atoms with Gasteiger partial charge in [0.05, 0.1) is 44.9 Å². The molecule has 1 fully saturated rings. The highest BCUT2D eigenvalue weighted by atomic mass is 16.5. The third-order valence-corrected chi connectivity index (χ3v) is 2.79. The molecule has 1 aromatic rings. The molecule has 2 heterocycles. The van der Waals surface area contributed by atoms with Crippen LogP contribution >= 0.6 is 0 Å². The molecule has 2 rings (SSSR count). The van der Waals surface area contributed by atoms with Crippen LogP contribution in [0.15, 0.2) is 12.4 Å². The summed E-state index contributed by atoms with van der Waals surface area (Å²) in [7, 11) is 3.12. The van der Waals surface area contributed by atoms with E-state index in [0.29, 0.717) is 30.9 Å². The topological polar surface area (TPSA) is 57.7 Å². The third-order valence-electron chi connectivity index (χ3n) is 2.79. The summed E-state index contributed by atoms with van der Waals surface area (Å²) in [4.78, 5) is 15.5. The van der Waals surface area contributed by atoms with Gasteiger partial charge in [0.15, 0.2) is 0 Å². The van der Waals surface area contributed by atoms with E-state index < -0.39 is 0 Å². The van der Waals surface area contributed by atoms with Crippen molar-refractivity contribution in [3.63, 3.8) is 0 Å². The number of Topliss-reactive ketones (excluding diaryl/α,β-unsaturated/α-hetero) is 1. The van der Waals surface area contributed by atoms with Gasteiger partial charge in [-0.2, -0.15) is 0 Å². The van der Waals surface area contributed by atoms with Crippen LogP contribution in [-0.2, 0) is 9.53 Å². The lowest BCUT2D eigenvalue weighted by Crippen LogP contribution is -2.20. The molecule has 0 spiro atoms. The molecule has 0 amide bonds. The van der Waals surface area contributed by atoms with Gasteiger partial charge in [-0.3, -0.25) is 9.78 Å². The van der Waals surface area contributed by atoms with E-state index >= 15 is 0 Å². The molecule has 1 aromatic heterocycles. The summed E-state index contributed by atoms with van der Waals surface area (Å²) in [6.45, 7) is 0.443. The largest absolute Gasteiger partial charge is 0.495 e. The van der Waals surface area contributed by atoms with Gasteiger partial charge in [0.1, 0.15) is 17.3 Å². The van der Waals surface area contributed by atoms with E-state index in [0.717, 1.165) is 5.56 Å². The lowest BCUT2D eigenvalue weighted by Gasteiger charge is -2.24. The number of aromatic nitrogens is 1. The molecule has 1 atom stereocenters. The number of carbonyl (C=O) groups excluding carboxylic acids is 1. The first-order valence-electron chi connectivity index (χ1n) is 5.45. The molecule has 5 nitrogen and oxygen atoms in total. The summed E-state index contributed by atoms with van der Waals surface area (Å²) < 4.78 is 16.1. The standard InChI is InChI=1S/C12H15NO4/c1-15-10-6-13-7-11(16-2)12(10)9-5-8(14)3-4-17-9/h6-7,9H,3-5H2,1-2H3. The number of hydrogen-bond donors (Lipinski definition) is 0. The molecule has 0 saturated carbocycles. The molecule has 1 aliphatic rings. The molecular weight excluding hydrogens is 222 g/mol. The Balaban J connectivity index is 2.37. The quantitative estimate of drug-likeness (QED) is 0.797. The summed E-state index contributed by atoms with van der Waals surface area (Å²) >= 11 is 0. The average Bonchev–Trinajstić information content (AvgIpc) is 2.37. The van der Waals surface area contributed by atoms with Gasteiger partial charge in [0, 0.05) is 12.8 Å². The van der Waals surface area contributed by atoms with Gasteiger partial charge in [-0.25, -0.2) is 0 Å². The average molecular weight is 237 g/mol. The van der Waals surface area contributed by atoms with Gasteiger partial charge >= 0.3 is 0 Å². The summed E-state index contributed by atoms with van der Waals surface area (Å²) in [5.41, 5.74) is 0.762. The molecule has 5 heteroatoms. The van der Waals surface area contributed by atoms with Crippen LogP contribution in [-0.4, -0.2) is 31.6 Å². The first-order valence-corrected chi connectivity index (χ1v) is 5.45. The number of ether oxygens (including phenoxy) is 3. The molecule has 92 valence electrons. The van der Waals surface area contributed by atoms with Crippen LogP contribution in [0.5, 0.6) is 11.5 Å². The number of rotatable bonds is 3. The van der Waals surface area contributed by atoms with E-state index in [1.807, 2.05) is 0 Å². The Morgan fingerprint density at radius 2 is 1.94 bits per heavy atom. The second-order valence-corrected chi connectivity index (χ2v) is 3.81. The van der Waals surface area contributed by atoms with Crippen LogP contribution in [0, 0.1) is 0 Å². The van der Waals surface area contributed by atoms with Gasteiger partial charge in [-0.1, -0.05) is 0 Å². The van der Waals surface area contributed by atoms with Crippen LogP contribution in [0.25, 0.3) is 0 Å². The van der Waals surface area contributed by atoms with Gasteiger partial charge < -0.3 is 14.2 Å². The van der Waals surface area contributed by atoms with Crippen molar-refractivity contribution in [3.05, 3.63) is 18.0 Å². The Morgan fingerprint density at radius 3 is 2.47 bits per heavy atom. The predicted molar refractivity (Wildman–Crippen MR) is 60.3 cm³/mol. The van der Waals surface area contributed by atoms with Crippen LogP contribution in [0.2, 0.25) is 0 Å². The van der Waals surface area contributed by atoms with Crippen molar-refractivity contribution >= 4 is 5.78 Å². The first-order chi connectivity index (χ1) is 8.26. The number of pyridine rings is 1. The maximum atomic E-state index is 11.5. The lowest BCUT2D eigenvalue weighted by molar-refractivity contribution is -0.128. The van der Waals surface area contributed by atoms with E-state index in [1.54, 1.807) is 26.6 Å². The lowest BCUT2D eigenvalue weighted by atomic mass is 10.00. The molecule has 0 radical (unpaired) electrons. The minimum atomic E-state index is -0.302.